The van der Waals surface area contributed by atoms with Crippen molar-refractivity contribution in [3.63, 3.8) is 0 Å². The number of carbonyl (C=O) groups is 1. The van der Waals surface area contributed by atoms with Crippen LogP contribution in [0.3, 0.4) is 0 Å². The number of hydrogen-bond acceptors (Lipinski definition) is 4. The number of carbonyl (C=O) groups excluding carboxylic acids is 1. The molecule has 0 amide bonds. The van der Waals surface area contributed by atoms with Crippen molar-refractivity contribution >= 4 is 12.0 Å². The van der Waals surface area contributed by atoms with Crippen molar-refractivity contribution in [2.24, 2.45) is 0 Å². The summed E-state index contributed by atoms with van der Waals surface area (Å²) in [6.45, 7) is 0.930. The molecule has 0 N–H and O–H groups in total. The highest BCUT2D eigenvalue weighted by Crippen LogP contribution is 2.13. The zero-order chi connectivity index (χ0) is 13.5. The Morgan fingerprint density at radius 3 is 2.89 bits per heavy atom. The van der Waals surface area contributed by atoms with Gasteiger partial charge in [0.25, 0.3) is 0 Å². The van der Waals surface area contributed by atoms with Crippen LogP contribution in [0.25, 0.3) is 6.08 Å². The molecule has 1 aliphatic heterocycles. The van der Waals surface area contributed by atoms with Crippen LogP contribution in [-0.2, 0) is 14.3 Å². The van der Waals surface area contributed by atoms with E-state index >= 15 is 0 Å². The predicted molar refractivity (Wildman–Crippen MR) is 70.0 cm³/mol. The maximum Gasteiger partial charge on any atom is 0.348 e. The van der Waals surface area contributed by atoms with Gasteiger partial charge < -0.3 is 9.47 Å². The van der Waals surface area contributed by atoms with Gasteiger partial charge in [-0.25, -0.2) is 4.79 Å². The van der Waals surface area contributed by atoms with Crippen LogP contribution < -0.4 is 0 Å². The summed E-state index contributed by atoms with van der Waals surface area (Å²) in [5.74, 6) is -0.596. The van der Waals surface area contributed by atoms with Crippen molar-refractivity contribution < 1.29 is 14.3 Å². The highest BCUT2D eigenvalue weighted by molar-refractivity contribution is 5.97. The summed E-state index contributed by atoms with van der Waals surface area (Å²) in [6.07, 6.45) is 3.39. The first-order chi connectivity index (χ1) is 9.29. The second kappa shape index (κ2) is 6.72. The number of esters is 1. The zero-order valence-corrected chi connectivity index (χ0v) is 10.5. The molecule has 0 spiro atoms. The Hall–Kier alpha value is -2.12. The molecule has 0 aromatic heterocycles. The second-order valence-corrected chi connectivity index (χ2v) is 4.31. The minimum absolute atomic E-state index is 0.00389. The van der Waals surface area contributed by atoms with Crippen LogP contribution in [0.2, 0.25) is 0 Å². The van der Waals surface area contributed by atoms with Crippen LogP contribution in [0.1, 0.15) is 18.4 Å². The molecule has 1 aliphatic rings. The van der Waals surface area contributed by atoms with Gasteiger partial charge in [0.1, 0.15) is 18.2 Å². The minimum Gasteiger partial charge on any atom is -0.459 e. The third kappa shape index (κ3) is 3.94. The Morgan fingerprint density at radius 2 is 2.26 bits per heavy atom. The molecule has 2 rings (SSSR count). The molecule has 4 nitrogen and oxygen atoms in total. The Labute approximate surface area is 112 Å². The number of hydrogen-bond donors (Lipinski definition) is 0. The van der Waals surface area contributed by atoms with E-state index in [2.05, 4.69) is 0 Å². The van der Waals surface area contributed by atoms with E-state index in [-0.39, 0.29) is 18.3 Å². The third-order valence-electron chi connectivity index (χ3n) is 2.88. The van der Waals surface area contributed by atoms with E-state index in [1.165, 1.54) is 6.08 Å². The topological polar surface area (TPSA) is 59.3 Å². The summed E-state index contributed by atoms with van der Waals surface area (Å²) < 4.78 is 10.5. The molecule has 1 unspecified atom stereocenters. The molecule has 4 heteroatoms. The molecule has 1 aromatic carbocycles. The fraction of sp³-hybridized carbons (Fsp3) is 0.333. The number of ether oxygens (including phenoxy) is 2. The Bertz CT molecular complexity index is 496. The van der Waals surface area contributed by atoms with Crippen LogP contribution in [0.4, 0.5) is 0 Å². The van der Waals surface area contributed by atoms with E-state index in [0.29, 0.717) is 6.61 Å². The third-order valence-corrected chi connectivity index (χ3v) is 2.88. The lowest BCUT2D eigenvalue weighted by atomic mass is 10.1. The van der Waals surface area contributed by atoms with Crippen LogP contribution in [-0.4, -0.2) is 25.3 Å². The first kappa shape index (κ1) is 13.3. The van der Waals surface area contributed by atoms with E-state index in [1.54, 1.807) is 0 Å². The molecule has 1 aromatic rings. The van der Waals surface area contributed by atoms with E-state index in [9.17, 15) is 4.79 Å². The first-order valence-electron chi connectivity index (χ1n) is 6.25. The van der Waals surface area contributed by atoms with Gasteiger partial charge in [0.05, 0.1) is 6.10 Å². The smallest absolute Gasteiger partial charge is 0.348 e. The molecule has 1 heterocycles. The summed E-state index contributed by atoms with van der Waals surface area (Å²) in [6, 6.07) is 11.1. The van der Waals surface area contributed by atoms with E-state index in [1.807, 2.05) is 36.4 Å². The molecule has 0 bridgehead atoms. The number of rotatable bonds is 4. The van der Waals surface area contributed by atoms with Gasteiger partial charge in [0.2, 0.25) is 0 Å². The molecular formula is C15H15NO3. The largest absolute Gasteiger partial charge is 0.459 e. The molecule has 1 atom stereocenters. The van der Waals surface area contributed by atoms with E-state index in [4.69, 9.17) is 14.7 Å². The van der Waals surface area contributed by atoms with Crippen LogP contribution >= 0.6 is 0 Å². The van der Waals surface area contributed by atoms with Gasteiger partial charge in [0, 0.05) is 6.61 Å². The van der Waals surface area contributed by atoms with Gasteiger partial charge in [-0.15, -0.1) is 0 Å². The quantitative estimate of drug-likeness (QED) is 0.472. The average Bonchev–Trinajstić information content (AvgIpc) is 2.96. The minimum atomic E-state index is -0.596. The first-order valence-corrected chi connectivity index (χ1v) is 6.25. The fourth-order valence-corrected chi connectivity index (χ4v) is 1.87. The molecule has 0 radical (unpaired) electrons. The Kier molecular flexibility index (Phi) is 4.71. The molecule has 0 aliphatic carbocycles. The van der Waals surface area contributed by atoms with Gasteiger partial charge in [-0.1, -0.05) is 30.3 Å². The second-order valence-electron chi connectivity index (χ2n) is 4.31. The highest BCUT2D eigenvalue weighted by atomic mass is 16.6. The van der Waals surface area contributed by atoms with Crippen LogP contribution in [0, 0.1) is 11.3 Å². The maximum atomic E-state index is 11.8. The predicted octanol–water partition coefficient (Wildman–Crippen LogP) is 2.32. The van der Waals surface area contributed by atoms with E-state index < -0.39 is 5.97 Å². The molecule has 1 fully saturated rings. The van der Waals surface area contributed by atoms with Crippen molar-refractivity contribution in [1.29, 1.82) is 5.26 Å². The molecule has 1 saturated heterocycles. The fourth-order valence-electron chi connectivity index (χ4n) is 1.87. The summed E-state index contributed by atoms with van der Waals surface area (Å²) >= 11 is 0. The molecule has 98 valence electrons. The lowest BCUT2D eigenvalue weighted by Crippen LogP contribution is -2.18. The summed E-state index contributed by atoms with van der Waals surface area (Å²) in [7, 11) is 0. The number of benzene rings is 1. The Morgan fingerprint density at radius 1 is 1.47 bits per heavy atom. The molecular weight excluding hydrogens is 242 g/mol. The van der Waals surface area contributed by atoms with Gasteiger partial charge in [-0.2, -0.15) is 5.26 Å². The normalized spacial score (nSPS) is 18.9. The van der Waals surface area contributed by atoms with Crippen molar-refractivity contribution in [2.45, 2.75) is 18.9 Å². The average molecular weight is 257 g/mol. The summed E-state index contributed by atoms with van der Waals surface area (Å²) in [4.78, 5) is 11.8. The van der Waals surface area contributed by atoms with E-state index in [0.717, 1.165) is 18.4 Å². The lowest BCUT2D eigenvalue weighted by molar-refractivity contribution is -0.141. The van der Waals surface area contributed by atoms with Crippen molar-refractivity contribution in [1.82, 2.24) is 0 Å². The number of nitriles is 1. The van der Waals surface area contributed by atoms with Gasteiger partial charge >= 0.3 is 5.97 Å². The monoisotopic (exact) mass is 257 g/mol. The highest BCUT2D eigenvalue weighted by Gasteiger charge is 2.19. The van der Waals surface area contributed by atoms with Crippen molar-refractivity contribution in [3.8, 4) is 6.07 Å². The summed E-state index contributed by atoms with van der Waals surface area (Å²) in [5.41, 5.74) is 0.803. The lowest BCUT2D eigenvalue weighted by Gasteiger charge is -2.09. The standard InChI is InChI=1S/C15H15NO3/c16-10-13(9-12-5-2-1-3-6-12)15(17)19-11-14-7-4-8-18-14/h1-3,5-6,9,14H,4,7-8,11H2/b13-9-. The Balaban J connectivity index is 1.95. The van der Waals surface area contributed by atoms with Crippen LogP contribution in [0.5, 0.6) is 0 Å². The van der Waals surface area contributed by atoms with Crippen molar-refractivity contribution in [2.75, 3.05) is 13.2 Å². The number of nitrogens with zero attached hydrogens (tertiary/aromatic N) is 1. The maximum absolute atomic E-state index is 11.8. The molecule has 0 saturated carbocycles. The van der Waals surface area contributed by atoms with Gasteiger partial charge in [0.15, 0.2) is 0 Å². The van der Waals surface area contributed by atoms with Gasteiger partial charge in [-0.05, 0) is 24.5 Å². The van der Waals surface area contributed by atoms with Crippen molar-refractivity contribution in [3.05, 3.63) is 41.5 Å². The summed E-state index contributed by atoms with van der Waals surface area (Å²) in [5, 5.41) is 9.00. The SMILES string of the molecule is N#C/C(=C/c1ccccc1)C(=O)OCC1CCCO1. The van der Waals surface area contributed by atoms with Crippen LogP contribution in [0.15, 0.2) is 35.9 Å². The molecule has 19 heavy (non-hydrogen) atoms. The zero-order valence-electron chi connectivity index (χ0n) is 10.5. The van der Waals surface area contributed by atoms with Gasteiger partial charge in [-0.3, -0.25) is 0 Å².